The van der Waals surface area contributed by atoms with E-state index < -0.39 is 6.10 Å². The molecule has 0 saturated carbocycles. The van der Waals surface area contributed by atoms with E-state index in [0.29, 0.717) is 28.6 Å². The highest BCUT2D eigenvalue weighted by atomic mass is 16.5. The Morgan fingerprint density at radius 1 is 1.00 bits per heavy atom. The summed E-state index contributed by atoms with van der Waals surface area (Å²) in [6.07, 6.45) is -0.694. The van der Waals surface area contributed by atoms with E-state index >= 15 is 0 Å². The molecule has 32 heavy (non-hydrogen) atoms. The SMILES string of the molecule is COc1ccc(-c2noc(CNC(=O)C(C)Oc3ccc4ccccc4c3)n2)c(OC)c1. The smallest absolute Gasteiger partial charge is 0.261 e. The zero-order valence-corrected chi connectivity index (χ0v) is 18.0. The molecule has 4 aromatic rings. The molecule has 1 amide bonds. The summed E-state index contributed by atoms with van der Waals surface area (Å²) in [5.74, 6) is 2.16. The van der Waals surface area contributed by atoms with Crippen molar-refractivity contribution >= 4 is 16.7 Å². The van der Waals surface area contributed by atoms with E-state index in [9.17, 15) is 4.79 Å². The highest BCUT2D eigenvalue weighted by Gasteiger charge is 2.18. The van der Waals surface area contributed by atoms with Crippen LogP contribution in [-0.2, 0) is 11.3 Å². The summed E-state index contributed by atoms with van der Waals surface area (Å²) in [5.41, 5.74) is 0.655. The predicted octanol–water partition coefficient (Wildman–Crippen LogP) is 3.99. The topological polar surface area (TPSA) is 95.7 Å². The molecule has 1 atom stereocenters. The minimum absolute atomic E-state index is 0.0791. The van der Waals surface area contributed by atoms with Crippen molar-refractivity contribution in [1.29, 1.82) is 0 Å². The number of methoxy groups -OCH3 is 2. The van der Waals surface area contributed by atoms with Crippen molar-refractivity contribution in [3.05, 3.63) is 66.6 Å². The Morgan fingerprint density at radius 3 is 2.56 bits per heavy atom. The molecule has 8 nitrogen and oxygen atoms in total. The first kappa shape index (κ1) is 21.2. The average Bonchev–Trinajstić information content (AvgIpc) is 3.30. The molecule has 8 heteroatoms. The summed E-state index contributed by atoms with van der Waals surface area (Å²) >= 11 is 0. The van der Waals surface area contributed by atoms with Crippen LogP contribution in [0.3, 0.4) is 0 Å². The maximum atomic E-state index is 12.5. The van der Waals surface area contributed by atoms with E-state index in [2.05, 4.69) is 15.5 Å². The lowest BCUT2D eigenvalue weighted by Gasteiger charge is -2.14. The standard InChI is InChI=1S/C24H23N3O5/c1-15(31-19-9-8-16-6-4-5-7-17(16)12-19)24(28)25-14-22-26-23(27-32-22)20-11-10-18(29-2)13-21(20)30-3/h4-13,15H,14H2,1-3H3,(H,25,28). The number of fused-ring (bicyclic) bond motifs is 1. The second-order valence-electron chi connectivity index (χ2n) is 7.06. The molecule has 1 unspecified atom stereocenters. The Kier molecular flexibility index (Phi) is 6.21. The summed E-state index contributed by atoms with van der Waals surface area (Å²) in [6, 6.07) is 19.0. The van der Waals surface area contributed by atoms with E-state index in [1.165, 1.54) is 0 Å². The van der Waals surface area contributed by atoms with Gasteiger partial charge in [0.15, 0.2) is 6.10 Å². The molecular formula is C24H23N3O5. The number of hydrogen-bond donors (Lipinski definition) is 1. The molecule has 1 N–H and O–H groups in total. The zero-order valence-electron chi connectivity index (χ0n) is 18.0. The van der Waals surface area contributed by atoms with Gasteiger partial charge in [-0.1, -0.05) is 35.5 Å². The molecule has 164 valence electrons. The van der Waals surface area contributed by atoms with Gasteiger partial charge in [0.2, 0.25) is 11.7 Å². The molecular weight excluding hydrogens is 410 g/mol. The fourth-order valence-corrected chi connectivity index (χ4v) is 3.22. The Hall–Kier alpha value is -4.07. The van der Waals surface area contributed by atoms with Crippen LogP contribution in [0.25, 0.3) is 22.2 Å². The lowest BCUT2D eigenvalue weighted by atomic mass is 10.1. The number of rotatable bonds is 8. The monoisotopic (exact) mass is 433 g/mol. The van der Waals surface area contributed by atoms with Crippen molar-refractivity contribution in [1.82, 2.24) is 15.5 Å². The summed E-state index contributed by atoms with van der Waals surface area (Å²) in [7, 11) is 3.13. The quantitative estimate of drug-likeness (QED) is 0.449. The number of carbonyl (C=O) groups is 1. The minimum atomic E-state index is -0.694. The zero-order chi connectivity index (χ0) is 22.5. The van der Waals surface area contributed by atoms with Crippen LogP contribution >= 0.6 is 0 Å². The second-order valence-corrected chi connectivity index (χ2v) is 7.06. The molecule has 1 aromatic heterocycles. The van der Waals surface area contributed by atoms with Gasteiger partial charge in [-0.25, -0.2) is 0 Å². The van der Waals surface area contributed by atoms with E-state index in [4.69, 9.17) is 18.7 Å². The second kappa shape index (κ2) is 9.38. The Bertz CT molecular complexity index is 1240. The van der Waals surface area contributed by atoms with Gasteiger partial charge in [0.25, 0.3) is 5.91 Å². The summed E-state index contributed by atoms with van der Waals surface area (Å²) in [5, 5.41) is 8.89. The molecule has 4 rings (SSSR count). The molecule has 0 spiro atoms. The number of ether oxygens (including phenoxy) is 3. The molecule has 0 bridgehead atoms. The summed E-state index contributed by atoms with van der Waals surface area (Å²) in [6.45, 7) is 1.77. The lowest BCUT2D eigenvalue weighted by Crippen LogP contribution is -2.35. The van der Waals surface area contributed by atoms with E-state index in [1.807, 2.05) is 42.5 Å². The van der Waals surface area contributed by atoms with Gasteiger partial charge in [0.05, 0.1) is 26.3 Å². The first-order valence-electron chi connectivity index (χ1n) is 10.1. The van der Waals surface area contributed by atoms with Gasteiger partial charge < -0.3 is 24.1 Å². The number of carbonyl (C=O) groups excluding carboxylic acids is 1. The molecule has 1 heterocycles. The molecule has 3 aromatic carbocycles. The van der Waals surface area contributed by atoms with Crippen molar-refractivity contribution in [2.24, 2.45) is 0 Å². The maximum Gasteiger partial charge on any atom is 0.261 e. The van der Waals surface area contributed by atoms with Crippen LogP contribution in [0, 0.1) is 0 Å². The van der Waals surface area contributed by atoms with Crippen LogP contribution < -0.4 is 19.5 Å². The lowest BCUT2D eigenvalue weighted by molar-refractivity contribution is -0.127. The van der Waals surface area contributed by atoms with Crippen molar-refractivity contribution in [3.63, 3.8) is 0 Å². The Morgan fingerprint density at radius 2 is 1.78 bits per heavy atom. The van der Waals surface area contributed by atoms with Crippen molar-refractivity contribution in [2.45, 2.75) is 19.6 Å². The Balaban J connectivity index is 1.37. The summed E-state index contributed by atoms with van der Waals surface area (Å²) in [4.78, 5) is 16.8. The molecule has 0 radical (unpaired) electrons. The Labute approximate surface area is 185 Å². The minimum Gasteiger partial charge on any atom is -0.497 e. The van der Waals surface area contributed by atoms with Gasteiger partial charge in [-0.2, -0.15) is 4.98 Å². The highest BCUT2D eigenvalue weighted by Crippen LogP contribution is 2.31. The van der Waals surface area contributed by atoms with Crippen molar-refractivity contribution in [2.75, 3.05) is 14.2 Å². The van der Waals surface area contributed by atoms with Gasteiger partial charge in [-0.05, 0) is 42.0 Å². The molecule has 0 saturated heterocycles. The van der Waals surface area contributed by atoms with Crippen molar-refractivity contribution < 1.29 is 23.5 Å². The molecule has 0 aliphatic rings. The average molecular weight is 433 g/mol. The van der Waals surface area contributed by atoms with Crippen LogP contribution in [-0.4, -0.2) is 36.4 Å². The van der Waals surface area contributed by atoms with Crippen LogP contribution in [0.1, 0.15) is 12.8 Å². The third-order valence-corrected chi connectivity index (χ3v) is 4.93. The third-order valence-electron chi connectivity index (χ3n) is 4.93. The largest absolute Gasteiger partial charge is 0.497 e. The maximum absolute atomic E-state index is 12.5. The van der Waals surface area contributed by atoms with Crippen LogP contribution in [0.5, 0.6) is 17.2 Å². The van der Waals surface area contributed by atoms with Crippen molar-refractivity contribution in [3.8, 4) is 28.6 Å². The molecule has 0 fully saturated rings. The number of aromatic nitrogens is 2. The van der Waals surface area contributed by atoms with E-state index in [-0.39, 0.29) is 18.3 Å². The third kappa shape index (κ3) is 4.64. The van der Waals surface area contributed by atoms with Crippen LogP contribution in [0.2, 0.25) is 0 Å². The first-order valence-corrected chi connectivity index (χ1v) is 10.1. The predicted molar refractivity (Wildman–Crippen MR) is 119 cm³/mol. The first-order chi connectivity index (χ1) is 15.6. The van der Waals surface area contributed by atoms with Gasteiger partial charge in [0.1, 0.15) is 17.2 Å². The number of benzene rings is 3. The number of hydrogen-bond acceptors (Lipinski definition) is 7. The van der Waals surface area contributed by atoms with Gasteiger partial charge in [-0.3, -0.25) is 4.79 Å². The number of amides is 1. The van der Waals surface area contributed by atoms with E-state index in [1.54, 1.807) is 39.3 Å². The van der Waals surface area contributed by atoms with Gasteiger partial charge in [-0.15, -0.1) is 0 Å². The summed E-state index contributed by atoms with van der Waals surface area (Å²) < 4.78 is 21.6. The normalized spacial score (nSPS) is 11.7. The van der Waals surface area contributed by atoms with Gasteiger partial charge in [0, 0.05) is 6.07 Å². The molecule has 0 aliphatic heterocycles. The number of nitrogens with zero attached hydrogens (tertiary/aromatic N) is 2. The van der Waals surface area contributed by atoms with Crippen LogP contribution in [0.4, 0.5) is 0 Å². The van der Waals surface area contributed by atoms with E-state index in [0.717, 1.165) is 10.8 Å². The van der Waals surface area contributed by atoms with Crippen LogP contribution in [0.15, 0.2) is 65.2 Å². The molecule has 0 aliphatic carbocycles. The highest BCUT2D eigenvalue weighted by molar-refractivity contribution is 5.84. The fraction of sp³-hybridized carbons (Fsp3) is 0.208. The number of nitrogens with one attached hydrogen (secondary N) is 1. The van der Waals surface area contributed by atoms with Gasteiger partial charge >= 0.3 is 0 Å². The fourth-order valence-electron chi connectivity index (χ4n) is 3.22.